The number of para-hydroxylation sites is 1. The van der Waals surface area contributed by atoms with Crippen molar-refractivity contribution < 1.29 is 43.8 Å². The van der Waals surface area contributed by atoms with Crippen LogP contribution in [0.4, 0.5) is 0 Å². The first kappa shape index (κ1) is 56.5. The Labute approximate surface area is 424 Å². The van der Waals surface area contributed by atoms with E-state index in [0.717, 1.165) is 10.9 Å². The summed E-state index contributed by atoms with van der Waals surface area (Å²) in [6, 6.07) is 5.74. The number of hydrogen-bond donors (Lipinski definition) is 13. The Balaban J connectivity index is 1.33. The van der Waals surface area contributed by atoms with E-state index < -0.39 is 90.8 Å². The van der Waals surface area contributed by atoms with Gasteiger partial charge >= 0.3 is 0 Å². The number of phenolic OH excluding ortho intramolecular Hbond substituents is 1. The number of aliphatic hydroxyl groups excluding tert-OH is 1. The summed E-state index contributed by atoms with van der Waals surface area (Å²) >= 11 is 0. The van der Waals surface area contributed by atoms with Crippen LogP contribution < -0.4 is 48.7 Å². The zero-order valence-electron chi connectivity index (χ0n) is 41.9. The molecule has 7 atom stereocenters. The maximum Gasteiger partial charge on any atom is 0.245 e. The predicted octanol–water partition coefficient (Wildman–Crippen LogP) is -1.10. The summed E-state index contributed by atoms with van der Waals surface area (Å²) in [5.74, 6) is -4.30. The van der Waals surface area contributed by atoms with E-state index in [0.29, 0.717) is 49.2 Å². The third-order valence-electron chi connectivity index (χ3n) is 12.6. The minimum atomic E-state index is -1.59. The Morgan fingerprint density at radius 2 is 1.51 bits per heavy atom. The summed E-state index contributed by atoms with van der Waals surface area (Å²) in [4.78, 5) is 113. The van der Waals surface area contributed by atoms with E-state index in [-0.39, 0.29) is 62.2 Å². The Hall–Kier alpha value is -7.37. The lowest BCUT2D eigenvalue weighted by Crippen LogP contribution is -2.59. The average Bonchev–Trinajstić information content (AvgIpc) is 4.17. The fourth-order valence-corrected chi connectivity index (χ4v) is 8.73. The van der Waals surface area contributed by atoms with Crippen molar-refractivity contribution >= 4 is 58.1 Å². The number of carbonyl (C=O) groups is 7. The highest BCUT2D eigenvalue weighted by atomic mass is 16.3. The highest BCUT2D eigenvalue weighted by Gasteiger charge is 2.38. The van der Waals surface area contributed by atoms with Crippen molar-refractivity contribution in [1.82, 2.24) is 57.1 Å². The molecule has 15 N–H and O–H groups in total. The number of guanidine groups is 1. The molecule has 2 aromatic heterocycles. The summed E-state index contributed by atoms with van der Waals surface area (Å²) in [6.45, 7) is 5.13. The van der Waals surface area contributed by atoms with Crippen LogP contribution in [0.15, 0.2) is 72.2 Å². The van der Waals surface area contributed by atoms with Gasteiger partial charge in [-0.25, -0.2) is 4.98 Å². The maximum absolute atomic E-state index is 14.3. The number of imidazole rings is 1. The number of H-pyrrole nitrogens is 2. The molecule has 0 radical (unpaired) electrons. The second-order valence-electron chi connectivity index (χ2n) is 18.5. The van der Waals surface area contributed by atoms with Gasteiger partial charge in [-0.2, -0.15) is 0 Å². The van der Waals surface area contributed by atoms with Crippen LogP contribution in [0.2, 0.25) is 0 Å². The van der Waals surface area contributed by atoms with E-state index in [9.17, 15) is 43.8 Å². The van der Waals surface area contributed by atoms with E-state index in [1.54, 1.807) is 38.5 Å². The van der Waals surface area contributed by atoms with Gasteiger partial charge in [0.15, 0.2) is 11.7 Å². The zero-order valence-corrected chi connectivity index (χ0v) is 41.9. The van der Waals surface area contributed by atoms with Crippen molar-refractivity contribution in [2.75, 3.05) is 39.8 Å². The number of amides is 6. The Morgan fingerprint density at radius 1 is 0.836 bits per heavy atom. The third kappa shape index (κ3) is 16.9. The minimum Gasteiger partial charge on any atom is -0.508 e. The number of phenols is 1. The van der Waals surface area contributed by atoms with Crippen LogP contribution in [-0.2, 0) is 52.8 Å². The Kier molecular flexibility index (Phi) is 21.7. The molecule has 23 heteroatoms. The molecule has 0 bridgehead atoms. The van der Waals surface area contributed by atoms with Gasteiger partial charge in [0.1, 0.15) is 29.9 Å². The van der Waals surface area contributed by atoms with E-state index in [1.165, 1.54) is 23.4 Å². The quantitative estimate of drug-likeness (QED) is 0.0175. The summed E-state index contributed by atoms with van der Waals surface area (Å²) in [6.07, 6.45) is 6.71. The number of likely N-dealkylation sites (tertiary alicyclic amines) is 1. The normalized spacial score (nSPS) is 15.9. The zero-order chi connectivity index (χ0) is 53.0. The van der Waals surface area contributed by atoms with Crippen LogP contribution in [0.5, 0.6) is 5.75 Å². The van der Waals surface area contributed by atoms with Crippen molar-refractivity contribution in [2.45, 2.75) is 114 Å². The second kappa shape index (κ2) is 28.0. The van der Waals surface area contributed by atoms with Gasteiger partial charge in [-0.05, 0) is 87.7 Å². The second-order valence-corrected chi connectivity index (χ2v) is 18.5. The van der Waals surface area contributed by atoms with Gasteiger partial charge in [0, 0.05) is 61.5 Å². The molecule has 0 aliphatic carbocycles. The van der Waals surface area contributed by atoms with Crippen LogP contribution in [0, 0.1) is 5.92 Å². The molecule has 3 heterocycles. The maximum atomic E-state index is 14.3. The van der Waals surface area contributed by atoms with Crippen LogP contribution in [0.1, 0.15) is 69.7 Å². The lowest BCUT2D eigenvalue weighted by molar-refractivity contribution is -0.141. The van der Waals surface area contributed by atoms with Gasteiger partial charge in [0.2, 0.25) is 35.4 Å². The number of benzene rings is 2. The van der Waals surface area contributed by atoms with Crippen LogP contribution in [0.25, 0.3) is 10.9 Å². The number of nitrogens with zero attached hydrogens (tertiary/aromatic N) is 3. The number of carbonyl (C=O) groups excluding carboxylic acids is 7. The standard InChI is InChI=1S/C50H72N14O9/c1-5-55-48(72)42-13-9-19-64(42)49(73)36(12-8-18-56-50(51)52)60-45(69)39(20-29(2)3)58-26-43(67)37(21-30-14-16-33(66)17-15-30)61-47(71)41(27-65)63-46(70)40(22-31-24-57-35-11-7-6-10-34(31)35)62-44(68)38(53-4)23-32-25-54-28-59-32/h6-7,10-11,14-17,24-25,28-29,36-42,53,57-58,65-66H,5,8-9,12-13,18-23,26-27H2,1-4H3,(H,54,59)(H,55,72)(H,60,69)(H,61,71)(H,62,68)(H,63,70)(H4,51,52,56)/t36-,37-,38-,39-,40-,41-,42-/m0/s1. The third-order valence-corrected chi connectivity index (χ3v) is 12.6. The molecule has 2 aromatic carbocycles. The molecule has 1 aliphatic heterocycles. The largest absolute Gasteiger partial charge is 0.508 e. The number of nitrogens with one attached hydrogen (secondary N) is 9. The van der Waals surface area contributed by atoms with Gasteiger partial charge < -0.3 is 68.4 Å². The number of hydrogen-bond acceptors (Lipinski definition) is 13. The van der Waals surface area contributed by atoms with Crippen molar-refractivity contribution in [2.24, 2.45) is 22.4 Å². The van der Waals surface area contributed by atoms with E-state index in [2.05, 4.69) is 57.2 Å². The van der Waals surface area contributed by atoms with Crippen molar-refractivity contribution in [3.05, 3.63) is 84.1 Å². The molecule has 1 fully saturated rings. The molecule has 0 saturated carbocycles. The number of fused-ring (bicyclic) bond motifs is 1. The first-order valence-electron chi connectivity index (χ1n) is 24.7. The lowest BCUT2D eigenvalue weighted by Gasteiger charge is -2.30. The van der Waals surface area contributed by atoms with Gasteiger partial charge in [-0.15, -0.1) is 0 Å². The number of aromatic amines is 2. The Morgan fingerprint density at radius 3 is 2.18 bits per heavy atom. The topological polar surface area (TPSA) is 356 Å². The molecule has 1 aliphatic rings. The molecule has 0 spiro atoms. The number of Topliss-reactive ketones (excluding diaryl/α,β-unsaturated/α-hetero) is 1. The number of aliphatic imine (C=N–C) groups is 1. The Bertz CT molecular complexity index is 2490. The molecular formula is C50H72N14O9. The number of aromatic hydroxyl groups is 1. The van der Waals surface area contributed by atoms with Gasteiger partial charge in [-0.1, -0.05) is 44.2 Å². The summed E-state index contributed by atoms with van der Waals surface area (Å²) < 4.78 is 0. The fraction of sp³-hybridized carbons (Fsp3) is 0.500. The van der Waals surface area contributed by atoms with Crippen molar-refractivity contribution in [3.8, 4) is 5.75 Å². The van der Waals surface area contributed by atoms with Crippen LogP contribution in [0.3, 0.4) is 0 Å². The minimum absolute atomic E-state index is 0.00234. The average molecular weight is 1010 g/mol. The van der Waals surface area contributed by atoms with Crippen molar-refractivity contribution in [3.63, 3.8) is 0 Å². The van der Waals surface area contributed by atoms with Gasteiger partial charge in [0.05, 0.1) is 37.6 Å². The number of nitrogens with two attached hydrogens (primary N) is 2. The fourth-order valence-electron chi connectivity index (χ4n) is 8.73. The van der Waals surface area contributed by atoms with E-state index in [1.807, 2.05) is 38.1 Å². The number of likely N-dealkylation sites (N-methyl/N-ethyl adjacent to an activating group) is 2. The summed E-state index contributed by atoms with van der Waals surface area (Å²) in [5.41, 5.74) is 13.8. The monoisotopic (exact) mass is 1010 g/mol. The smallest absolute Gasteiger partial charge is 0.245 e. The number of rotatable bonds is 29. The number of aliphatic hydroxyl groups is 1. The summed E-state index contributed by atoms with van der Waals surface area (Å²) in [5, 5.41) is 41.1. The molecule has 4 aromatic rings. The van der Waals surface area contributed by atoms with Gasteiger partial charge in [0.25, 0.3) is 0 Å². The lowest BCUT2D eigenvalue weighted by atomic mass is 9.99. The molecule has 5 rings (SSSR count). The van der Waals surface area contributed by atoms with Crippen molar-refractivity contribution in [1.29, 1.82) is 0 Å². The molecule has 0 unspecified atom stereocenters. The van der Waals surface area contributed by atoms with Gasteiger partial charge in [-0.3, -0.25) is 43.9 Å². The molecule has 6 amide bonds. The summed E-state index contributed by atoms with van der Waals surface area (Å²) in [7, 11) is 1.60. The number of aromatic nitrogens is 3. The SMILES string of the molecule is CCNC(=O)[C@@H]1CCCN1C(=O)[C@H](CCCN=C(N)N)NC(=O)[C@H](CC(C)C)NCC(=O)[C@H](Cc1ccc(O)cc1)NC(=O)[C@H](CO)NC(=O)[C@H](Cc1c[nH]c2ccccc12)NC(=O)[C@H](Cc1cnc[nH]1)NC. The first-order valence-corrected chi connectivity index (χ1v) is 24.7. The number of ketones is 1. The first-order chi connectivity index (χ1) is 35.0. The highest BCUT2D eigenvalue weighted by Crippen LogP contribution is 2.22. The highest BCUT2D eigenvalue weighted by molar-refractivity contribution is 5.97. The van der Waals surface area contributed by atoms with E-state index in [4.69, 9.17) is 11.5 Å². The molecule has 396 valence electrons. The van der Waals surface area contributed by atoms with Crippen LogP contribution in [-0.4, -0.2) is 159 Å². The molecule has 1 saturated heterocycles. The predicted molar refractivity (Wildman–Crippen MR) is 273 cm³/mol. The molecule has 23 nitrogen and oxygen atoms in total. The van der Waals surface area contributed by atoms with Crippen LogP contribution >= 0.6 is 0 Å². The van der Waals surface area contributed by atoms with E-state index >= 15 is 0 Å². The molecule has 73 heavy (non-hydrogen) atoms. The molecular weight excluding hydrogens is 941 g/mol.